The van der Waals surface area contributed by atoms with Gasteiger partial charge in [-0.1, -0.05) is 24.3 Å². The average Bonchev–Trinajstić information content (AvgIpc) is 2.64. The summed E-state index contributed by atoms with van der Waals surface area (Å²) in [6.45, 7) is 1.27. The molecule has 126 valence electrons. The van der Waals surface area contributed by atoms with E-state index in [2.05, 4.69) is 5.32 Å². The van der Waals surface area contributed by atoms with Crippen molar-refractivity contribution in [2.45, 2.75) is 6.42 Å². The lowest BCUT2D eigenvalue weighted by Crippen LogP contribution is -2.39. The SMILES string of the molecule is COc1cccc(OCCNC(=O)[C@@H]2COc3ccccc3C2)c1. The van der Waals surface area contributed by atoms with E-state index in [1.54, 1.807) is 7.11 Å². The fraction of sp³-hybridized carbons (Fsp3) is 0.316. The summed E-state index contributed by atoms with van der Waals surface area (Å²) >= 11 is 0. The minimum atomic E-state index is -0.156. The zero-order valence-electron chi connectivity index (χ0n) is 13.7. The monoisotopic (exact) mass is 327 g/mol. The molecule has 0 aliphatic carbocycles. The van der Waals surface area contributed by atoms with E-state index in [4.69, 9.17) is 14.2 Å². The second kappa shape index (κ2) is 7.73. The van der Waals surface area contributed by atoms with Crippen LogP contribution in [0.3, 0.4) is 0 Å². The van der Waals surface area contributed by atoms with Gasteiger partial charge in [0, 0.05) is 6.07 Å². The quantitative estimate of drug-likeness (QED) is 0.828. The van der Waals surface area contributed by atoms with E-state index in [9.17, 15) is 4.79 Å². The second-order valence-corrected chi connectivity index (χ2v) is 5.64. The van der Waals surface area contributed by atoms with Gasteiger partial charge in [-0.25, -0.2) is 0 Å². The summed E-state index contributed by atoms with van der Waals surface area (Å²) in [7, 11) is 1.61. The number of carbonyl (C=O) groups excluding carboxylic acids is 1. The number of hydrogen-bond donors (Lipinski definition) is 1. The van der Waals surface area contributed by atoms with Crippen molar-refractivity contribution in [3.05, 3.63) is 54.1 Å². The number of fused-ring (bicyclic) bond motifs is 1. The molecule has 0 unspecified atom stereocenters. The third kappa shape index (κ3) is 3.98. The number of methoxy groups -OCH3 is 1. The first kappa shape index (κ1) is 16.2. The number of amides is 1. The van der Waals surface area contributed by atoms with Crippen LogP contribution < -0.4 is 19.5 Å². The molecule has 2 aromatic rings. The van der Waals surface area contributed by atoms with Gasteiger partial charge in [-0.3, -0.25) is 4.79 Å². The Bertz CT molecular complexity index is 701. The summed E-state index contributed by atoms with van der Waals surface area (Å²) in [5, 5.41) is 2.91. The predicted molar refractivity (Wildman–Crippen MR) is 90.6 cm³/mol. The molecule has 1 amide bonds. The van der Waals surface area contributed by atoms with Gasteiger partial charge in [-0.05, 0) is 30.2 Å². The molecule has 0 spiro atoms. The summed E-state index contributed by atoms with van der Waals surface area (Å²) < 4.78 is 16.4. The Balaban J connectivity index is 1.43. The van der Waals surface area contributed by atoms with Crippen LogP contribution in [0.5, 0.6) is 17.2 Å². The van der Waals surface area contributed by atoms with Crippen molar-refractivity contribution in [1.82, 2.24) is 5.32 Å². The second-order valence-electron chi connectivity index (χ2n) is 5.64. The van der Waals surface area contributed by atoms with E-state index in [1.165, 1.54) is 0 Å². The van der Waals surface area contributed by atoms with E-state index in [0.717, 1.165) is 22.8 Å². The maximum Gasteiger partial charge on any atom is 0.227 e. The first-order chi connectivity index (χ1) is 11.8. The maximum absolute atomic E-state index is 12.3. The zero-order chi connectivity index (χ0) is 16.8. The highest BCUT2D eigenvalue weighted by molar-refractivity contribution is 5.79. The number of rotatable bonds is 6. The van der Waals surface area contributed by atoms with Crippen LogP contribution in [0.4, 0.5) is 0 Å². The molecular weight excluding hydrogens is 306 g/mol. The molecule has 1 heterocycles. The van der Waals surface area contributed by atoms with Crippen LogP contribution in [0.1, 0.15) is 5.56 Å². The van der Waals surface area contributed by atoms with Gasteiger partial charge in [0.2, 0.25) is 5.91 Å². The fourth-order valence-corrected chi connectivity index (χ4v) is 2.67. The number of carbonyl (C=O) groups is 1. The third-order valence-corrected chi connectivity index (χ3v) is 3.96. The van der Waals surface area contributed by atoms with Gasteiger partial charge in [0.1, 0.15) is 30.5 Å². The highest BCUT2D eigenvalue weighted by atomic mass is 16.5. The zero-order valence-corrected chi connectivity index (χ0v) is 13.7. The van der Waals surface area contributed by atoms with E-state index in [-0.39, 0.29) is 11.8 Å². The molecule has 0 radical (unpaired) electrons. The van der Waals surface area contributed by atoms with Crippen molar-refractivity contribution in [3.63, 3.8) is 0 Å². The molecule has 1 N–H and O–H groups in total. The number of ether oxygens (including phenoxy) is 3. The van der Waals surface area contributed by atoms with E-state index < -0.39 is 0 Å². The Morgan fingerprint density at radius 3 is 2.92 bits per heavy atom. The minimum Gasteiger partial charge on any atom is -0.497 e. The number of nitrogens with one attached hydrogen (secondary N) is 1. The molecule has 5 heteroatoms. The maximum atomic E-state index is 12.3. The van der Waals surface area contributed by atoms with Gasteiger partial charge in [0.05, 0.1) is 19.6 Å². The van der Waals surface area contributed by atoms with Gasteiger partial charge in [-0.15, -0.1) is 0 Å². The minimum absolute atomic E-state index is 0.00116. The molecule has 0 bridgehead atoms. The van der Waals surface area contributed by atoms with E-state index >= 15 is 0 Å². The smallest absolute Gasteiger partial charge is 0.227 e. The summed E-state index contributed by atoms with van der Waals surface area (Å²) in [5.74, 6) is 2.19. The molecular formula is C19H21NO4. The topological polar surface area (TPSA) is 56.8 Å². The highest BCUT2D eigenvalue weighted by Crippen LogP contribution is 2.26. The van der Waals surface area contributed by atoms with Crippen LogP contribution in [-0.2, 0) is 11.2 Å². The molecule has 0 fully saturated rings. The number of benzene rings is 2. The lowest BCUT2D eigenvalue weighted by Gasteiger charge is -2.24. The van der Waals surface area contributed by atoms with Gasteiger partial charge >= 0.3 is 0 Å². The standard InChI is InChI=1S/C19H21NO4/c1-22-16-6-4-7-17(12-16)23-10-9-20-19(21)15-11-14-5-2-3-8-18(14)24-13-15/h2-8,12,15H,9-11,13H2,1H3,(H,20,21)/t15-/m0/s1. The van der Waals surface area contributed by atoms with Gasteiger partial charge < -0.3 is 19.5 Å². The van der Waals surface area contributed by atoms with Crippen LogP contribution >= 0.6 is 0 Å². The van der Waals surface area contributed by atoms with Crippen LogP contribution in [0, 0.1) is 5.92 Å². The van der Waals surface area contributed by atoms with Crippen molar-refractivity contribution < 1.29 is 19.0 Å². The molecule has 0 saturated heterocycles. The van der Waals surface area contributed by atoms with Crippen molar-refractivity contribution in [3.8, 4) is 17.2 Å². The predicted octanol–water partition coefficient (Wildman–Crippen LogP) is 2.44. The van der Waals surface area contributed by atoms with Gasteiger partial charge in [0.25, 0.3) is 0 Å². The Kier molecular flexibility index (Phi) is 5.21. The molecule has 3 rings (SSSR count). The summed E-state index contributed by atoms with van der Waals surface area (Å²) in [6.07, 6.45) is 0.707. The van der Waals surface area contributed by atoms with Gasteiger partial charge in [0.15, 0.2) is 0 Å². The number of hydrogen-bond acceptors (Lipinski definition) is 4. The molecule has 1 aliphatic heterocycles. The molecule has 24 heavy (non-hydrogen) atoms. The van der Waals surface area contributed by atoms with Crippen molar-refractivity contribution >= 4 is 5.91 Å². The Labute approximate surface area is 141 Å². The lowest BCUT2D eigenvalue weighted by molar-refractivity contribution is -0.126. The third-order valence-electron chi connectivity index (χ3n) is 3.96. The van der Waals surface area contributed by atoms with Crippen LogP contribution in [-0.4, -0.2) is 32.8 Å². The van der Waals surface area contributed by atoms with Crippen molar-refractivity contribution in [2.75, 3.05) is 26.9 Å². The summed E-state index contributed by atoms with van der Waals surface area (Å²) in [4.78, 5) is 12.3. The molecule has 2 aromatic carbocycles. The van der Waals surface area contributed by atoms with E-state index in [0.29, 0.717) is 26.2 Å². The average molecular weight is 327 g/mol. The Hall–Kier alpha value is -2.69. The molecule has 1 atom stereocenters. The lowest BCUT2D eigenvalue weighted by atomic mass is 9.96. The Morgan fingerprint density at radius 1 is 1.21 bits per heavy atom. The van der Waals surface area contributed by atoms with Crippen LogP contribution in [0.15, 0.2) is 48.5 Å². The van der Waals surface area contributed by atoms with Crippen LogP contribution in [0.25, 0.3) is 0 Å². The summed E-state index contributed by atoms with van der Waals surface area (Å²) in [6, 6.07) is 15.2. The first-order valence-corrected chi connectivity index (χ1v) is 8.01. The van der Waals surface area contributed by atoms with Crippen molar-refractivity contribution in [1.29, 1.82) is 0 Å². The van der Waals surface area contributed by atoms with Crippen LogP contribution in [0.2, 0.25) is 0 Å². The number of para-hydroxylation sites is 1. The molecule has 1 aliphatic rings. The van der Waals surface area contributed by atoms with Crippen molar-refractivity contribution in [2.24, 2.45) is 5.92 Å². The fourth-order valence-electron chi connectivity index (χ4n) is 2.67. The molecule has 0 aromatic heterocycles. The van der Waals surface area contributed by atoms with E-state index in [1.807, 2.05) is 48.5 Å². The normalized spacial score (nSPS) is 15.8. The van der Waals surface area contributed by atoms with Gasteiger partial charge in [-0.2, -0.15) is 0 Å². The highest BCUT2D eigenvalue weighted by Gasteiger charge is 2.25. The first-order valence-electron chi connectivity index (χ1n) is 8.01. The largest absolute Gasteiger partial charge is 0.497 e. The summed E-state index contributed by atoms with van der Waals surface area (Å²) in [5.41, 5.74) is 1.08. The molecule has 0 saturated carbocycles. The molecule has 5 nitrogen and oxygen atoms in total. The Morgan fingerprint density at radius 2 is 2.04 bits per heavy atom.